The normalized spacial score (nSPS) is 16.3. The Labute approximate surface area is 142 Å². The molecule has 24 heavy (non-hydrogen) atoms. The van der Waals surface area contributed by atoms with Crippen LogP contribution in [-0.4, -0.2) is 49.7 Å². The van der Waals surface area contributed by atoms with E-state index in [0.29, 0.717) is 10.9 Å². The van der Waals surface area contributed by atoms with Gasteiger partial charge in [0.2, 0.25) is 10.0 Å². The lowest BCUT2D eigenvalue weighted by Gasteiger charge is -2.33. The average molecular weight is 372 g/mol. The molecule has 1 aliphatic rings. The van der Waals surface area contributed by atoms with E-state index in [-0.39, 0.29) is 32.1 Å². The lowest BCUT2D eigenvalue weighted by Crippen LogP contribution is -2.50. The Kier molecular flexibility index (Phi) is 4.66. The highest BCUT2D eigenvalue weighted by Gasteiger charge is 2.31. The molecule has 0 spiro atoms. The maximum absolute atomic E-state index is 13.3. The Morgan fingerprint density at radius 3 is 2.21 bits per heavy atom. The van der Waals surface area contributed by atoms with Crippen LogP contribution in [0.4, 0.5) is 8.78 Å². The molecule has 0 bridgehead atoms. The van der Waals surface area contributed by atoms with E-state index >= 15 is 0 Å². The van der Waals surface area contributed by atoms with Crippen LogP contribution in [0, 0.1) is 11.6 Å². The number of hydrogen-bond donors (Lipinski definition) is 0. The van der Waals surface area contributed by atoms with Gasteiger partial charge in [0.25, 0.3) is 5.91 Å². The van der Waals surface area contributed by atoms with Crippen molar-refractivity contribution in [3.05, 3.63) is 52.2 Å². The van der Waals surface area contributed by atoms with Crippen LogP contribution in [0.1, 0.15) is 9.67 Å². The van der Waals surface area contributed by atoms with Crippen LogP contribution < -0.4 is 0 Å². The first-order chi connectivity index (χ1) is 11.4. The van der Waals surface area contributed by atoms with Gasteiger partial charge in [0.15, 0.2) is 0 Å². The summed E-state index contributed by atoms with van der Waals surface area (Å²) in [6, 6.07) is 5.70. The maximum Gasteiger partial charge on any atom is 0.264 e. The number of thiophene rings is 1. The summed E-state index contributed by atoms with van der Waals surface area (Å²) >= 11 is 1.32. The molecule has 2 heterocycles. The predicted octanol–water partition coefficient (Wildman–Crippen LogP) is 2.17. The first-order valence-electron chi connectivity index (χ1n) is 7.17. The predicted molar refractivity (Wildman–Crippen MR) is 85.3 cm³/mol. The fraction of sp³-hybridized carbons (Fsp3) is 0.267. The summed E-state index contributed by atoms with van der Waals surface area (Å²) in [5.41, 5.74) is 0. The molecular weight excluding hydrogens is 358 g/mol. The van der Waals surface area contributed by atoms with Crippen molar-refractivity contribution in [1.82, 2.24) is 9.21 Å². The summed E-state index contributed by atoms with van der Waals surface area (Å²) in [7, 11) is -3.99. The van der Waals surface area contributed by atoms with Crippen molar-refractivity contribution in [2.75, 3.05) is 26.2 Å². The maximum atomic E-state index is 13.3. The van der Waals surface area contributed by atoms with Crippen molar-refractivity contribution < 1.29 is 22.0 Å². The highest BCUT2D eigenvalue weighted by atomic mass is 32.2. The van der Waals surface area contributed by atoms with Crippen LogP contribution in [0.3, 0.4) is 0 Å². The number of carbonyl (C=O) groups is 1. The molecule has 5 nitrogen and oxygen atoms in total. The standard InChI is InChI=1S/C15H14F2N2O3S2/c16-11-8-12(17)10-13(9-11)24(21,22)19-5-3-18(4-6-19)15(20)14-2-1-7-23-14/h1-2,7-10H,3-6H2. The van der Waals surface area contributed by atoms with Crippen molar-refractivity contribution in [3.63, 3.8) is 0 Å². The second-order valence-electron chi connectivity index (χ2n) is 5.28. The van der Waals surface area contributed by atoms with Gasteiger partial charge in [0, 0.05) is 32.2 Å². The SMILES string of the molecule is O=C(c1cccs1)N1CCN(S(=O)(=O)c2cc(F)cc(F)c2)CC1. The largest absolute Gasteiger partial charge is 0.335 e. The molecule has 1 fully saturated rings. The van der Waals surface area contributed by atoms with E-state index in [1.165, 1.54) is 11.3 Å². The zero-order valence-electron chi connectivity index (χ0n) is 12.5. The molecule has 1 amide bonds. The van der Waals surface area contributed by atoms with Crippen molar-refractivity contribution in [2.45, 2.75) is 4.90 Å². The summed E-state index contributed by atoms with van der Waals surface area (Å²) in [6.45, 7) is 0.622. The molecule has 1 aromatic carbocycles. The van der Waals surface area contributed by atoms with Crippen LogP contribution in [-0.2, 0) is 10.0 Å². The molecule has 1 aromatic heterocycles. The number of piperazine rings is 1. The Morgan fingerprint density at radius 1 is 1.04 bits per heavy atom. The van der Waals surface area contributed by atoms with Crippen molar-refractivity contribution in [3.8, 4) is 0 Å². The van der Waals surface area contributed by atoms with E-state index in [1.807, 2.05) is 0 Å². The van der Waals surface area contributed by atoms with Crippen LogP contribution in [0.25, 0.3) is 0 Å². The number of hydrogen-bond acceptors (Lipinski definition) is 4. The van der Waals surface area contributed by atoms with E-state index in [2.05, 4.69) is 0 Å². The minimum atomic E-state index is -3.99. The summed E-state index contributed by atoms with van der Waals surface area (Å²) in [5, 5.41) is 1.80. The van der Waals surface area contributed by atoms with Gasteiger partial charge in [0.05, 0.1) is 9.77 Å². The van der Waals surface area contributed by atoms with Crippen LogP contribution in [0.5, 0.6) is 0 Å². The smallest absolute Gasteiger partial charge is 0.264 e. The number of halogens is 2. The first-order valence-corrected chi connectivity index (χ1v) is 9.49. The molecule has 1 saturated heterocycles. The lowest BCUT2D eigenvalue weighted by atomic mass is 10.3. The molecule has 0 N–H and O–H groups in total. The molecule has 0 atom stereocenters. The second kappa shape index (κ2) is 6.58. The molecule has 0 saturated carbocycles. The number of rotatable bonds is 3. The molecule has 9 heteroatoms. The van der Waals surface area contributed by atoms with E-state index in [0.717, 1.165) is 16.4 Å². The van der Waals surface area contributed by atoms with E-state index in [1.54, 1.807) is 22.4 Å². The number of sulfonamides is 1. The Balaban J connectivity index is 1.73. The highest BCUT2D eigenvalue weighted by Crippen LogP contribution is 2.21. The molecule has 0 unspecified atom stereocenters. The van der Waals surface area contributed by atoms with Crippen LogP contribution in [0.2, 0.25) is 0 Å². The Morgan fingerprint density at radius 2 is 1.67 bits per heavy atom. The van der Waals surface area contributed by atoms with E-state index < -0.39 is 26.6 Å². The van der Waals surface area contributed by atoms with Gasteiger partial charge in [-0.2, -0.15) is 4.31 Å². The van der Waals surface area contributed by atoms with Gasteiger partial charge in [-0.1, -0.05) is 6.07 Å². The summed E-state index contributed by atoms with van der Waals surface area (Å²) in [5.74, 6) is -2.03. The van der Waals surface area contributed by atoms with E-state index in [9.17, 15) is 22.0 Å². The molecule has 0 radical (unpaired) electrons. The highest BCUT2D eigenvalue weighted by molar-refractivity contribution is 7.89. The van der Waals surface area contributed by atoms with Crippen molar-refractivity contribution in [1.29, 1.82) is 0 Å². The number of amides is 1. The minimum Gasteiger partial charge on any atom is -0.335 e. The molecule has 3 rings (SSSR count). The monoisotopic (exact) mass is 372 g/mol. The van der Waals surface area contributed by atoms with Gasteiger partial charge < -0.3 is 4.90 Å². The number of nitrogens with zero attached hydrogens (tertiary/aromatic N) is 2. The molecule has 128 valence electrons. The molecule has 1 aliphatic heterocycles. The third kappa shape index (κ3) is 3.33. The first kappa shape index (κ1) is 17.0. The lowest BCUT2D eigenvalue weighted by molar-refractivity contribution is 0.0703. The average Bonchev–Trinajstić information content (AvgIpc) is 3.08. The second-order valence-corrected chi connectivity index (χ2v) is 8.16. The van der Waals surface area contributed by atoms with Gasteiger partial charge >= 0.3 is 0 Å². The van der Waals surface area contributed by atoms with Crippen LogP contribution in [0.15, 0.2) is 40.6 Å². The van der Waals surface area contributed by atoms with Gasteiger partial charge in [0.1, 0.15) is 11.6 Å². The minimum absolute atomic E-state index is 0.0809. The van der Waals surface area contributed by atoms with E-state index in [4.69, 9.17) is 0 Å². The molecule has 0 aliphatic carbocycles. The van der Waals surface area contributed by atoms with Gasteiger partial charge in [-0.15, -0.1) is 11.3 Å². The van der Waals surface area contributed by atoms with Crippen LogP contribution >= 0.6 is 11.3 Å². The Hall–Kier alpha value is -1.84. The fourth-order valence-corrected chi connectivity index (χ4v) is 4.67. The van der Waals surface area contributed by atoms with Crippen molar-refractivity contribution in [2.24, 2.45) is 0 Å². The number of benzene rings is 1. The van der Waals surface area contributed by atoms with Gasteiger partial charge in [-0.25, -0.2) is 17.2 Å². The summed E-state index contributed by atoms with van der Waals surface area (Å²) in [6.07, 6.45) is 0. The zero-order valence-corrected chi connectivity index (χ0v) is 14.1. The summed E-state index contributed by atoms with van der Waals surface area (Å²) < 4.78 is 52.7. The topological polar surface area (TPSA) is 57.7 Å². The number of carbonyl (C=O) groups excluding carboxylic acids is 1. The van der Waals surface area contributed by atoms with Crippen molar-refractivity contribution >= 4 is 27.3 Å². The molecular formula is C15H14F2N2O3S2. The van der Waals surface area contributed by atoms with Gasteiger partial charge in [-0.05, 0) is 23.6 Å². The fourth-order valence-electron chi connectivity index (χ4n) is 2.51. The quantitative estimate of drug-likeness (QED) is 0.830. The van der Waals surface area contributed by atoms with Gasteiger partial charge in [-0.3, -0.25) is 4.79 Å². The Bertz CT molecular complexity index is 825. The third-order valence-electron chi connectivity index (χ3n) is 3.73. The summed E-state index contributed by atoms with van der Waals surface area (Å²) in [4.78, 5) is 14.0. The molecule has 2 aromatic rings. The zero-order chi connectivity index (χ0) is 17.3. The third-order valence-corrected chi connectivity index (χ3v) is 6.47.